The topological polar surface area (TPSA) is 246 Å². The molecule has 17 rings (SSSR count). The molecule has 21 nitrogen and oxygen atoms in total. The van der Waals surface area contributed by atoms with E-state index in [0.29, 0.717) is 77.0 Å². The smallest absolute Gasteiger partial charge is 0.308 e. The highest BCUT2D eigenvalue weighted by Crippen LogP contribution is 2.60. The number of carbonyl (C=O) groups excluding carboxylic acids is 1. The number of rotatable bonds is 2. The lowest BCUT2D eigenvalue weighted by atomic mass is 9.79. The van der Waals surface area contributed by atoms with Crippen LogP contribution >= 0.6 is 0 Å². The molecule has 0 aromatic rings. The number of fused-ring (bicyclic) bond motifs is 11. The van der Waals surface area contributed by atoms with Crippen molar-refractivity contribution in [1.29, 1.82) is 0 Å². The number of esters is 1. The van der Waals surface area contributed by atoms with Crippen LogP contribution in [-0.4, -0.2) is 215 Å². The maximum Gasteiger partial charge on any atom is 0.308 e. The summed E-state index contributed by atoms with van der Waals surface area (Å²) in [6.45, 7) is 13.2. The lowest BCUT2D eigenvalue weighted by molar-refractivity contribution is -0.362. The molecule has 23 unspecified atom stereocenters. The molecule has 17 fully saturated rings. The highest BCUT2D eigenvalue weighted by molar-refractivity contribution is 5.70. The van der Waals surface area contributed by atoms with Gasteiger partial charge in [0.2, 0.25) is 11.6 Å². The monoisotopic (exact) mass is 1140 g/mol. The van der Waals surface area contributed by atoms with Gasteiger partial charge in [0.25, 0.3) is 0 Å². The number of carbonyl (C=O) groups is 1. The minimum atomic E-state index is -2.02. The van der Waals surface area contributed by atoms with Crippen molar-refractivity contribution >= 4 is 5.97 Å². The van der Waals surface area contributed by atoms with Gasteiger partial charge in [0.05, 0.1) is 123 Å². The van der Waals surface area contributed by atoms with Crippen molar-refractivity contribution < 1.29 is 101 Å². The average Bonchev–Trinajstić information content (AvgIpc) is 4.20. The lowest BCUT2D eigenvalue weighted by Crippen LogP contribution is -2.63. The van der Waals surface area contributed by atoms with E-state index in [1.54, 1.807) is 0 Å². The summed E-state index contributed by atoms with van der Waals surface area (Å²) < 4.78 is 109. The molecule has 17 aliphatic rings. The van der Waals surface area contributed by atoms with Gasteiger partial charge in [-0.3, -0.25) is 4.79 Å². The second kappa shape index (κ2) is 19.7. The van der Waals surface area contributed by atoms with Crippen molar-refractivity contribution in [3.8, 4) is 0 Å². The third kappa shape index (κ3) is 9.02. The summed E-state index contributed by atoms with van der Waals surface area (Å²) in [6.07, 6.45) is -0.723. The SMILES string of the molecule is C=C1C2C[C@@H]3O[C@H]4C[C@H]5O[C@]6(CC7OC8(CCC7O6)C[C@H](C)C6OC7CC(C(O)CO)OC7CC6O8)CC5OC4CC3OC(=O)CC3CCC4OC5C6O[C@@]7(O)C5O[C@@](CCC5CC(C)(C)C(CCC(C[C@H]1C)O2)O5)(OC6[C@H]4O3)C7O. The molecule has 0 aliphatic carbocycles. The normalized spacial score (nSPS) is 59.0. The van der Waals surface area contributed by atoms with Crippen molar-refractivity contribution in [3.63, 3.8) is 0 Å². The molecule has 0 amide bonds. The fourth-order valence-corrected chi connectivity index (χ4v) is 18.7. The van der Waals surface area contributed by atoms with Crippen molar-refractivity contribution in [2.45, 2.75) is 332 Å². The molecule has 17 aliphatic heterocycles. The molecule has 0 aromatic heterocycles. The lowest BCUT2D eigenvalue weighted by Gasteiger charge is -2.53. The summed E-state index contributed by atoms with van der Waals surface area (Å²) >= 11 is 0. The van der Waals surface area contributed by atoms with E-state index < -0.39 is 102 Å². The van der Waals surface area contributed by atoms with E-state index >= 15 is 0 Å². The van der Waals surface area contributed by atoms with Crippen LogP contribution in [-0.2, 0) is 80.6 Å². The van der Waals surface area contributed by atoms with Crippen molar-refractivity contribution in [2.75, 3.05) is 6.61 Å². The number of hydrogen-bond donors (Lipinski definition) is 4. The predicted octanol–water partition coefficient (Wildman–Crippen LogP) is 3.60. The molecule has 0 aromatic carbocycles. The van der Waals surface area contributed by atoms with Gasteiger partial charge in [0.1, 0.15) is 42.7 Å². The largest absolute Gasteiger partial charge is 0.459 e. The van der Waals surface area contributed by atoms with E-state index in [9.17, 15) is 25.2 Å². The first-order chi connectivity index (χ1) is 38.8. The van der Waals surface area contributed by atoms with Crippen LogP contribution in [0.3, 0.4) is 0 Å². The van der Waals surface area contributed by atoms with Gasteiger partial charge in [0.15, 0.2) is 17.7 Å². The Balaban J connectivity index is 0.622. The van der Waals surface area contributed by atoms with Crippen molar-refractivity contribution in [1.82, 2.24) is 0 Å². The molecule has 17 saturated heterocycles. The number of hydrogen-bond acceptors (Lipinski definition) is 21. The van der Waals surface area contributed by atoms with E-state index in [4.69, 9.17) is 75.8 Å². The highest BCUT2D eigenvalue weighted by atomic mass is 16.8. The summed E-state index contributed by atoms with van der Waals surface area (Å²) in [7, 11) is 0. The first-order valence-electron chi connectivity index (χ1n) is 31.4. The fraction of sp³-hybridized carbons (Fsp3) is 0.950. The zero-order valence-corrected chi connectivity index (χ0v) is 47.2. The van der Waals surface area contributed by atoms with Crippen LogP contribution in [0.2, 0.25) is 0 Å². The molecule has 3 spiro atoms. The summed E-state index contributed by atoms with van der Waals surface area (Å²) in [5.74, 6) is -5.34. The van der Waals surface area contributed by atoms with Crippen LogP contribution in [0.25, 0.3) is 0 Å². The molecule has 452 valence electrons. The van der Waals surface area contributed by atoms with Crippen LogP contribution in [0.1, 0.15) is 150 Å². The Morgan fingerprint density at radius 1 is 0.556 bits per heavy atom. The second-order valence-electron chi connectivity index (χ2n) is 28.6. The Morgan fingerprint density at radius 2 is 1.26 bits per heavy atom. The van der Waals surface area contributed by atoms with Gasteiger partial charge >= 0.3 is 5.97 Å². The Hall–Kier alpha value is -1.55. The Bertz CT molecular complexity index is 2430. The standard InChI is InChI=1S/C60H86O21/c1-26-14-29-7-9-47-56(4,5)22-31(67-47)10-13-59-55(64)60(65)54(81-59)53-52(80-60)51(79-59)50-34(73-53)8-6-30(68-50)15-48(63)72-41-18-38-39(70-37(41)16-35(66-29)28(26)3)19-43-45(71-38)23-58(76-43)24-46-33(75-58)11-12-57(78-46)21-27(2)49-44(77-57)20-40-42(74-49)17-36(69-40)32(62)25-61/h26-27,29-47,49-55,61-62,64-65H,3,6-25H2,1-2,4-5H3/t26-,27+,29?,30?,31?,32?,33?,34?,35?,36?,37+,38?,39+,40?,41?,42?,43-,44?,45?,46?,47?,49?,50+,51?,52?,53?,54?,55?,57?,58+,59-,60+/m1/s1. The van der Waals surface area contributed by atoms with Gasteiger partial charge in [-0.2, -0.15) is 0 Å². The van der Waals surface area contributed by atoms with E-state index in [1.165, 1.54) is 0 Å². The quantitative estimate of drug-likeness (QED) is 0.228. The van der Waals surface area contributed by atoms with Gasteiger partial charge in [-0.1, -0.05) is 34.3 Å². The van der Waals surface area contributed by atoms with Crippen molar-refractivity contribution in [2.24, 2.45) is 17.3 Å². The summed E-state index contributed by atoms with van der Waals surface area (Å²) in [5.41, 5.74) is 0.883. The highest BCUT2D eigenvalue weighted by Gasteiger charge is 2.79. The van der Waals surface area contributed by atoms with Crippen LogP contribution in [0.4, 0.5) is 0 Å². The Kier molecular flexibility index (Phi) is 13.3. The Morgan fingerprint density at radius 3 is 2.11 bits per heavy atom. The third-order valence-corrected chi connectivity index (χ3v) is 22.8. The molecule has 81 heavy (non-hydrogen) atoms. The van der Waals surface area contributed by atoms with Crippen LogP contribution in [0, 0.1) is 17.3 Å². The zero-order valence-electron chi connectivity index (χ0n) is 47.2. The molecule has 0 radical (unpaired) electrons. The van der Waals surface area contributed by atoms with Crippen molar-refractivity contribution in [3.05, 3.63) is 12.2 Å². The molecule has 4 N–H and O–H groups in total. The summed E-state index contributed by atoms with van der Waals surface area (Å²) in [5, 5.41) is 43.8. The number of ether oxygens (including phenoxy) is 16. The van der Waals surface area contributed by atoms with Crippen LogP contribution in [0.15, 0.2) is 12.2 Å². The molecular formula is C60H86O21. The van der Waals surface area contributed by atoms with Crippen LogP contribution in [0.5, 0.6) is 0 Å². The molecule has 21 heteroatoms. The number of aliphatic hydroxyl groups is 4. The fourth-order valence-electron chi connectivity index (χ4n) is 18.7. The summed E-state index contributed by atoms with van der Waals surface area (Å²) in [6, 6.07) is 0. The van der Waals surface area contributed by atoms with Gasteiger partial charge in [-0.15, -0.1) is 0 Å². The van der Waals surface area contributed by atoms with Crippen LogP contribution < -0.4 is 0 Å². The predicted molar refractivity (Wildman–Crippen MR) is 274 cm³/mol. The van der Waals surface area contributed by atoms with Gasteiger partial charge in [0, 0.05) is 64.2 Å². The second-order valence-corrected chi connectivity index (χ2v) is 28.6. The number of aliphatic hydroxyl groups excluding tert-OH is 3. The first kappa shape index (κ1) is 54.8. The van der Waals surface area contributed by atoms with Gasteiger partial charge in [-0.25, -0.2) is 0 Å². The molecule has 32 atom stereocenters. The van der Waals surface area contributed by atoms with Gasteiger partial charge in [-0.05, 0) is 74.2 Å². The third-order valence-electron chi connectivity index (χ3n) is 22.8. The Labute approximate surface area is 473 Å². The molecule has 0 saturated carbocycles. The first-order valence-corrected chi connectivity index (χ1v) is 31.4. The van der Waals surface area contributed by atoms with E-state index in [-0.39, 0.29) is 122 Å². The maximum atomic E-state index is 14.5. The molecular weight excluding hydrogens is 1060 g/mol. The summed E-state index contributed by atoms with van der Waals surface area (Å²) in [4.78, 5) is 14.5. The zero-order chi connectivity index (χ0) is 55.3. The van der Waals surface area contributed by atoms with E-state index in [0.717, 1.165) is 37.7 Å². The van der Waals surface area contributed by atoms with E-state index in [2.05, 4.69) is 34.3 Å². The maximum absolute atomic E-state index is 14.5. The van der Waals surface area contributed by atoms with E-state index in [1.807, 2.05) is 0 Å². The molecule has 12 bridgehead atoms. The minimum absolute atomic E-state index is 0.0169. The minimum Gasteiger partial charge on any atom is -0.459 e. The average molecular weight is 1140 g/mol. The molecule has 17 heterocycles. The van der Waals surface area contributed by atoms with Gasteiger partial charge < -0.3 is 96.2 Å².